The second kappa shape index (κ2) is 7.23. The third-order valence-electron chi connectivity index (χ3n) is 4.28. The summed E-state index contributed by atoms with van der Waals surface area (Å²) in [5, 5.41) is 26.2. The molecule has 1 amide bonds. The Bertz CT molecular complexity index is 984. The van der Waals surface area contributed by atoms with Crippen molar-refractivity contribution in [1.29, 1.82) is 0 Å². The van der Waals surface area contributed by atoms with Gasteiger partial charge in [0.1, 0.15) is 5.75 Å². The largest absolute Gasteiger partial charge is 0.508 e. The van der Waals surface area contributed by atoms with Crippen LogP contribution in [0.3, 0.4) is 0 Å². The Morgan fingerprint density at radius 1 is 1.15 bits per heavy atom. The highest BCUT2D eigenvalue weighted by molar-refractivity contribution is 5.89. The lowest BCUT2D eigenvalue weighted by Crippen LogP contribution is -2.28. The van der Waals surface area contributed by atoms with E-state index in [2.05, 4.69) is 5.32 Å². The summed E-state index contributed by atoms with van der Waals surface area (Å²) in [4.78, 5) is 22.8. The fourth-order valence-corrected chi connectivity index (χ4v) is 2.99. The van der Waals surface area contributed by atoms with Crippen molar-refractivity contribution in [3.63, 3.8) is 0 Å². The van der Waals surface area contributed by atoms with E-state index < -0.39 is 11.0 Å². The highest BCUT2D eigenvalue weighted by Crippen LogP contribution is 2.36. The van der Waals surface area contributed by atoms with E-state index in [1.807, 2.05) is 24.3 Å². The maximum atomic E-state index is 12.1. The number of benzene rings is 3. The molecule has 2 N–H and O–H groups in total. The summed E-state index contributed by atoms with van der Waals surface area (Å²) in [5.41, 5.74) is 0.982. The first-order chi connectivity index (χ1) is 12.5. The molecule has 0 saturated carbocycles. The molecule has 0 aromatic heterocycles. The van der Waals surface area contributed by atoms with Crippen molar-refractivity contribution in [1.82, 2.24) is 5.32 Å². The Labute approximate surface area is 150 Å². The van der Waals surface area contributed by atoms with Crippen LogP contribution in [0, 0.1) is 10.1 Å². The van der Waals surface area contributed by atoms with Gasteiger partial charge < -0.3 is 10.4 Å². The van der Waals surface area contributed by atoms with E-state index >= 15 is 0 Å². The zero-order chi connectivity index (χ0) is 18.7. The molecule has 0 aliphatic carbocycles. The lowest BCUT2D eigenvalue weighted by atomic mass is 9.92. The number of nitrogens with one attached hydrogen (secondary N) is 1. The summed E-state index contributed by atoms with van der Waals surface area (Å²) in [6.07, 6.45) is 0.261. The molecule has 0 aliphatic heterocycles. The van der Waals surface area contributed by atoms with Gasteiger partial charge in [-0.15, -0.1) is 0 Å². The van der Waals surface area contributed by atoms with Crippen LogP contribution < -0.4 is 5.32 Å². The minimum Gasteiger partial charge on any atom is -0.508 e. The number of carbonyl (C=O) groups excluding carboxylic acids is 1. The van der Waals surface area contributed by atoms with Crippen LogP contribution in [0.5, 0.6) is 5.75 Å². The van der Waals surface area contributed by atoms with Gasteiger partial charge in [0.25, 0.3) is 5.69 Å². The standard InChI is InChI=1S/C20H18N2O4/c1-2-18(24)21-20(14-7-5-8-15(12-14)22(25)26)19-16-9-4-3-6-13(16)10-11-17(19)23/h3-12,20,23H,2H2,1H3,(H,21,24). The van der Waals surface area contributed by atoms with E-state index in [0.717, 1.165) is 10.8 Å². The van der Waals surface area contributed by atoms with Crippen LogP contribution in [-0.2, 0) is 4.79 Å². The molecule has 3 aromatic rings. The molecular formula is C20H18N2O4. The number of hydrogen-bond acceptors (Lipinski definition) is 4. The molecule has 6 nitrogen and oxygen atoms in total. The van der Waals surface area contributed by atoms with E-state index in [9.17, 15) is 20.0 Å². The first-order valence-corrected chi connectivity index (χ1v) is 8.25. The predicted octanol–water partition coefficient (Wildman–Crippen LogP) is 4.07. The van der Waals surface area contributed by atoms with Gasteiger partial charge in [0.05, 0.1) is 11.0 Å². The molecule has 6 heteroatoms. The Hall–Kier alpha value is -3.41. The van der Waals surface area contributed by atoms with Crippen molar-refractivity contribution < 1.29 is 14.8 Å². The van der Waals surface area contributed by atoms with Crippen LogP contribution in [0.1, 0.15) is 30.5 Å². The van der Waals surface area contributed by atoms with Crippen LogP contribution >= 0.6 is 0 Å². The molecule has 26 heavy (non-hydrogen) atoms. The first-order valence-electron chi connectivity index (χ1n) is 8.25. The fourth-order valence-electron chi connectivity index (χ4n) is 2.99. The second-order valence-electron chi connectivity index (χ2n) is 5.93. The second-order valence-corrected chi connectivity index (χ2v) is 5.93. The van der Waals surface area contributed by atoms with Gasteiger partial charge in [-0.1, -0.05) is 49.4 Å². The van der Waals surface area contributed by atoms with E-state index in [4.69, 9.17) is 0 Å². The molecule has 0 saturated heterocycles. The maximum absolute atomic E-state index is 12.1. The van der Waals surface area contributed by atoms with E-state index in [0.29, 0.717) is 11.1 Å². The number of phenols is 1. The van der Waals surface area contributed by atoms with Gasteiger partial charge in [-0.3, -0.25) is 14.9 Å². The van der Waals surface area contributed by atoms with Crippen molar-refractivity contribution in [2.24, 2.45) is 0 Å². The summed E-state index contributed by atoms with van der Waals surface area (Å²) in [6, 6.07) is 16.2. The number of amides is 1. The maximum Gasteiger partial charge on any atom is 0.269 e. The SMILES string of the molecule is CCC(=O)NC(c1cccc([N+](=O)[O-])c1)c1c(O)ccc2ccccc12. The van der Waals surface area contributed by atoms with Crippen LogP contribution in [0.4, 0.5) is 5.69 Å². The molecule has 1 unspecified atom stereocenters. The van der Waals surface area contributed by atoms with Crippen LogP contribution in [0.2, 0.25) is 0 Å². The molecule has 0 bridgehead atoms. The van der Waals surface area contributed by atoms with Crippen LogP contribution in [-0.4, -0.2) is 15.9 Å². The summed E-state index contributed by atoms with van der Waals surface area (Å²) in [5.74, 6) is -0.189. The van der Waals surface area contributed by atoms with Crippen molar-refractivity contribution in [2.75, 3.05) is 0 Å². The summed E-state index contributed by atoms with van der Waals surface area (Å²) < 4.78 is 0. The molecule has 0 fully saturated rings. The van der Waals surface area contributed by atoms with E-state index in [1.165, 1.54) is 12.1 Å². The highest BCUT2D eigenvalue weighted by atomic mass is 16.6. The van der Waals surface area contributed by atoms with Crippen molar-refractivity contribution in [3.05, 3.63) is 81.9 Å². The number of nitrogens with zero attached hydrogens (tertiary/aromatic N) is 1. The molecule has 3 aromatic carbocycles. The van der Waals surface area contributed by atoms with E-state index in [-0.39, 0.29) is 23.8 Å². The zero-order valence-electron chi connectivity index (χ0n) is 14.2. The number of rotatable bonds is 5. The van der Waals surface area contributed by atoms with Gasteiger partial charge >= 0.3 is 0 Å². The van der Waals surface area contributed by atoms with E-state index in [1.54, 1.807) is 31.2 Å². The Morgan fingerprint density at radius 2 is 1.92 bits per heavy atom. The van der Waals surface area contributed by atoms with Crippen molar-refractivity contribution >= 4 is 22.4 Å². The van der Waals surface area contributed by atoms with Gasteiger partial charge in [-0.25, -0.2) is 0 Å². The highest BCUT2D eigenvalue weighted by Gasteiger charge is 2.23. The lowest BCUT2D eigenvalue weighted by molar-refractivity contribution is -0.384. The van der Waals surface area contributed by atoms with Gasteiger partial charge in [-0.05, 0) is 22.4 Å². The Kier molecular flexibility index (Phi) is 4.84. The average molecular weight is 350 g/mol. The lowest BCUT2D eigenvalue weighted by Gasteiger charge is -2.22. The van der Waals surface area contributed by atoms with Gasteiger partial charge in [0, 0.05) is 24.1 Å². The molecule has 0 aliphatic rings. The molecule has 1 atom stereocenters. The smallest absolute Gasteiger partial charge is 0.269 e. The van der Waals surface area contributed by atoms with Crippen molar-refractivity contribution in [3.8, 4) is 5.75 Å². The van der Waals surface area contributed by atoms with Gasteiger partial charge in [-0.2, -0.15) is 0 Å². The van der Waals surface area contributed by atoms with Gasteiger partial charge in [0.15, 0.2) is 0 Å². The minimum absolute atomic E-state index is 0.0246. The summed E-state index contributed by atoms with van der Waals surface area (Å²) >= 11 is 0. The van der Waals surface area contributed by atoms with Crippen molar-refractivity contribution in [2.45, 2.75) is 19.4 Å². The molecule has 132 valence electrons. The molecule has 0 heterocycles. The monoisotopic (exact) mass is 350 g/mol. The predicted molar refractivity (Wildman–Crippen MR) is 99.0 cm³/mol. The number of fused-ring (bicyclic) bond motifs is 1. The number of aromatic hydroxyl groups is 1. The summed E-state index contributed by atoms with van der Waals surface area (Å²) in [6.45, 7) is 1.72. The number of carbonyl (C=O) groups is 1. The van der Waals surface area contributed by atoms with Crippen LogP contribution in [0.25, 0.3) is 10.8 Å². The third kappa shape index (κ3) is 3.35. The number of nitro benzene ring substituents is 1. The van der Waals surface area contributed by atoms with Crippen LogP contribution in [0.15, 0.2) is 60.7 Å². The minimum atomic E-state index is -0.701. The molecule has 3 rings (SSSR count). The summed E-state index contributed by atoms with van der Waals surface area (Å²) in [7, 11) is 0. The fraction of sp³-hybridized carbons (Fsp3) is 0.150. The molecule has 0 spiro atoms. The zero-order valence-corrected chi connectivity index (χ0v) is 14.2. The topological polar surface area (TPSA) is 92.5 Å². The first kappa shape index (κ1) is 17.4. The number of non-ortho nitro benzene ring substituents is 1. The molecule has 0 radical (unpaired) electrons. The Balaban J connectivity index is 2.23. The van der Waals surface area contributed by atoms with Gasteiger partial charge in [0.2, 0.25) is 5.91 Å². The third-order valence-corrected chi connectivity index (χ3v) is 4.28. The number of nitro groups is 1. The normalized spacial score (nSPS) is 11.9. The molecular weight excluding hydrogens is 332 g/mol. The average Bonchev–Trinajstić information content (AvgIpc) is 2.66. The Morgan fingerprint density at radius 3 is 2.65 bits per heavy atom. The number of phenolic OH excluding ortho intramolecular Hbond substituents is 1. The quantitative estimate of drug-likeness (QED) is 0.536. The number of hydrogen-bond donors (Lipinski definition) is 2.